The highest BCUT2D eigenvalue weighted by atomic mass is 15.0. The first-order valence-corrected chi connectivity index (χ1v) is 17.2. The average Bonchev–Trinajstić information content (AvgIpc) is 3.55. The third-order valence-corrected chi connectivity index (χ3v) is 9.98. The number of benzene rings is 7. The van der Waals surface area contributed by atoms with E-state index in [1.807, 2.05) is 91.1 Å². The first kappa shape index (κ1) is 29.6. The predicted molar refractivity (Wildman–Crippen MR) is 209 cm³/mol. The summed E-state index contributed by atoms with van der Waals surface area (Å²) in [5.74, 6) is 1.85. The van der Waals surface area contributed by atoms with E-state index in [1.54, 1.807) is 0 Å². The van der Waals surface area contributed by atoms with Gasteiger partial charge in [-0.05, 0) is 56.8 Å². The molecule has 0 spiro atoms. The van der Waals surface area contributed by atoms with Crippen LogP contribution in [0.25, 0.3) is 100 Å². The van der Waals surface area contributed by atoms with Gasteiger partial charge in [0.05, 0.1) is 17.3 Å². The fraction of sp³-hybridized carbons (Fsp3) is 0. The highest BCUT2D eigenvalue weighted by Gasteiger charge is 2.27. The minimum Gasteiger partial charge on any atom is -0.255 e. The Kier molecular flexibility index (Phi) is 6.80. The molecule has 0 aliphatic heterocycles. The van der Waals surface area contributed by atoms with Crippen LogP contribution >= 0.6 is 0 Å². The van der Waals surface area contributed by atoms with Crippen molar-refractivity contribution in [1.82, 2.24) is 19.9 Å². The van der Waals surface area contributed by atoms with Gasteiger partial charge in [0.2, 0.25) is 0 Å². The fourth-order valence-corrected chi connectivity index (χ4v) is 7.58. The van der Waals surface area contributed by atoms with Gasteiger partial charge in [-0.25, -0.2) is 15.0 Å². The van der Waals surface area contributed by atoms with E-state index in [0.29, 0.717) is 23.0 Å². The summed E-state index contributed by atoms with van der Waals surface area (Å²) in [5.41, 5.74) is 12.1. The molecule has 0 N–H and O–H groups in total. The Morgan fingerprint density at radius 1 is 0.365 bits per heavy atom. The van der Waals surface area contributed by atoms with E-state index in [-0.39, 0.29) is 0 Å². The van der Waals surface area contributed by atoms with Crippen molar-refractivity contribution in [3.8, 4) is 84.9 Å². The van der Waals surface area contributed by atoms with Crippen LogP contribution < -0.4 is 0 Å². The van der Waals surface area contributed by atoms with Crippen LogP contribution in [0, 0.1) is 11.3 Å². The zero-order chi connectivity index (χ0) is 34.6. The van der Waals surface area contributed by atoms with Gasteiger partial charge in [-0.2, -0.15) is 5.26 Å². The Morgan fingerprint density at radius 2 is 0.846 bits per heavy atom. The fourth-order valence-electron chi connectivity index (χ4n) is 7.58. The highest BCUT2D eigenvalue weighted by molar-refractivity contribution is 6.23. The van der Waals surface area contributed by atoms with Gasteiger partial charge in [0.1, 0.15) is 0 Å². The number of nitriles is 1. The molecule has 0 radical (unpaired) electrons. The van der Waals surface area contributed by atoms with Gasteiger partial charge >= 0.3 is 0 Å². The second kappa shape index (κ2) is 11.9. The number of fused-ring (bicyclic) bond motifs is 4. The van der Waals surface area contributed by atoms with E-state index in [4.69, 9.17) is 19.9 Å². The SMILES string of the molecule is N#Cc1ccc(-c2ncc(-c3ccc4c5c(ccc(-c6nc(-c7ccccc7)nc(-c7ccccc7)n6)c35)-c3ccccc3-4)c3ccccc23)cc1. The molecule has 1 aliphatic rings. The van der Waals surface area contributed by atoms with Crippen LogP contribution in [0.15, 0.2) is 164 Å². The van der Waals surface area contributed by atoms with Crippen molar-refractivity contribution >= 4 is 21.5 Å². The number of pyridine rings is 1. The molecule has 7 aromatic carbocycles. The molecule has 0 saturated heterocycles. The maximum atomic E-state index is 9.39. The normalized spacial score (nSPS) is 11.4. The Bertz CT molecular complexity index is 2810. The molecule has 9 aromatic rings. The number of hydrogen-bond acceptors (Lipinski definition) is 5. The lowest BCUT2D eigenvalue weighted by molar-refractivity contribution is 1.08. The summed E-state index contributed by atoms with van der Waals surface area (Å²) in [5, 5.41) is 13.8. The average molecular weight is 662 g/mol. The van der Waals surface area contributed by atoms with E-state index in [2.05, 4.69) is 78.9 Å². The van der Waals surface area contributed by atoms with Crippen molar-refractivity contribution < 1.29 is 0 Å². The van der Waals surface area contributed by atoms with Crippen molar-refractivity contribution in [2.24, 2.45) is 0 Å². The van der Waals surface area contributed by atoms with Crippen LogP contribution in [0.4, 0.5) is 0 Å². The second-order valence-corrected chi connectivity index (χ2v) is 12.9. The Labute approximate surface area is 300 Å². The zero-order valence-electron chi connectivity index (χ0n) is 27.8. The van der Waals surface area contributed by atoms with Gasteiger partial charge in [-0.3, -0.25) is 4.98 Å². The van der Waals surface area contributed by atoms with Gasteiger partial charge < -0.3 is 0 Å². The van der Waals surface area contributed by atoms with Crippen LogP contribution in [0.3, 0.4) is 0 Å². The van der Waals surface area contributed by atoms with Crippen molar-refractivity contribution in [2.45, 2.75) is 0 Å². The zero-order valence-corrected chi connectivity index (χ0v) is 27.8. The van der Waals surface area contributed by atoms with Gasteiger partial charge in [0.25, 0.3) is 0 Å². The summed E-state index contributed by atoms with van der Waals surface area (Å²) in [6.45, 7) is 0. The molecule has 1 aliphatic carbocycles. The molecule has 0 unspecified atom stereocenters. The lowest BCUT2D eigenvalue weighted by atomic mass is 9.89. The monoisotopic (exact) mass is 661 g/mol. The molecule has 10 rings (SSSR count). The molecule has 240 valence electrons. The summed E-state index contributed by atoms with van der Waals surface area (Å²) < 4.78 is 0. The van der Waals surface area contributed by atoms with E-state index in [0.717, 1.165) is 55.2 Å². The first-order chi connectivity index (χ1) is 25.7. The maximum Gasteiger partial charge on any atom is 0.164 e. The number of hydrogen-bond donors (Lipinski definition) is 0. The first-order valence-electron chi connectivity index (χ1n) is 17.2. The van der Waals surface area contributed by atoms with Crippen LogP contribution in [0.1, 0.15) is 5.56 Å². The van der Waals surface area contributed by atoms with Gasteiger partial charge in [-0.15, -0.1) is 0 Å². The summed E-state index contributed by atoms with van der Waals surface area (Å²) in [6, 6.07) is 56.0. The molecule has 0 amide bonds. The topological polar surface area (TPSA) is 75.3 Å². The van der Waals surface area contributed by atoms with Crippen molar-refractivity contribution in [3.63, 3.8) is 0 Å². The van der Waals surface area contributed by atoms with Crippen molar-refractivity contribution in [1.29, 1.82) is 5.26 Å². The molecule has 0 saturated carbocycles. The van der Waals surface area contributed by atoms with Gasteiger partial charge in [0.15, 0.2) is 17.5 Å². The van der Waals surface area contributed by atoms with Crippen LogP contribution in [0.5, 0.6) is 0 Å². The predicted octanol–water partition coefficient (Wildman–Crippen LogP) is 11.4. The smallest absolute Gasteiger partial charge is 0.164 e. The highest BCUT2D eigenvalue weighted by Crippen LogP contribution is 2.52. The quantitative estimate of drug-likeness (QED) is 0.183. The Hall–Kier alpha value is -7.29. The molecule has 52 heavy (non-hydrogen) atoms. The standard InChI is InChI=1S/C47H27N5/c48-27-29-19-21-30(22-20-29)44-39-18-10-9-17-35(39)41(28-49-44)38-24-23-36-33-15-7-8-16-34(33)37-25-26-40(43(38)42(36)37)47-51-45(31-11-3-1-4-12-31)50-46(52-47)32-13-5-2-6-14-32/h1-26,28H. The Balaban J connectivity index is 1.28. The number of nitrogens with zero attached hydrogens (tertiary/aromatic N) is 5. The van der Waals surface area contributed by atoms with Crippen LogP contribution in [0.2, 0.25) is 0 Å². The third-order valence-electron chi connectivity index (χ3n) is 9.98. The molecular weight excluding hydrogens is 635 g/mol. The van der Waals surface area contributed by atoms with Gasteiger partial charge in [0, 0.05) is 44.8 Å². The van der Waals surface area contributed by atoms with E-state index >= 15 is 0 Å². The summed E-state index contributed by atoms with van der Waals surface area (Å²) in [4.78, 5) is 20.4. The summed E-state index contributed by atoms with van der Waals surface area (Å²) >= 11 is 0. The molecule has 2 heterocycles. The number of aromatic nitrogens is 4. The lowest BCUT2D eigenvalue weighted by Crippen LogP contribution is -2.01. The molecule has 5 heteroatoms. The molecule has 5 nitrogen and oxygen atoms in total. The molecule has 0 atom stereocenters. The van der Waals surface area contributed by atoms with E-state index in [1.165, 1.54) is 27.6 Å². The second-order valence-electron chi connectivity index (χ2n) is 12.9. The van der Waals surface area contributed by atoms with Crippen molar-refractivity contribution in [2.75, 3.05) is 0 Å². The number of rotatable bonds is 5. The third kappa shape index (κ3) is 4.70. The summed E-state index contributed by atoms with van der Waals surface area (Å²) in [6.07, 6.45) is 1.99. The molecule has 0 bridgehead atoms. The van der Waals surface area contributed by atoms with E-state index in [9.17, 15) is 5.26 Å². The molecule has 2 aromatic heterocycles. The Morgan fingerprint density at radius 3 is 1.44 bits per heavy atom. The lowest BCUT2D eigenvalue weighted by Gasteiger charge is -2.17. The van der Waals surface area contributed by atoms with Crippen LogP contribution in [-0.2, 0) is 0 Å². The van der Waals surface area contributed by atoms with Gasteiger partial charge in [-0.1, -0.05) is 140 Å². The largest absolute Gasteiger partial charge is 0.255 e. The van der Waals surface area contributed by atoms with E-state index < -0.39 is 0 Å². The maximum absolute atomic E-state index is 9.39. The minimum atomic E-state index is 0.611. The van der Waals surface area contributed by atoms with Crippen molar-refractivity contribution in [3.05, 3.63) is 169 Å². The van der Waals surface area contributed by atoms with Crippen LogP contribution in [-0.4, -0.2) is 19.9 Å². The molecule has 0 fully saturated rings. The minimum absolute atomic E-state index is 0.611. The molecular formula is C47H27N5. The summed E-state index contributed by atoms with van der Waals surface area (Å²) in [7, 11) is 0.